The summed E-state index contributed by atoms with van der Waals surface area (Å²) in [6, 6.07) is 8.84. The predicted octanol–water partition coefficient (Wildman–Crippen LogP) is 6.13. The van der Waals surface area contributed by atoms with Gasteiger partial charge in [0.2, 0.25) is 5.90 Å². The van der Waals surface area contributed by atoms with Crippen molar-refractivity contribution >= 4 is 63.7 Å². The van der Waals surface area contributed by atoms with Gasteiger partial charge in [0.25, 0.3) is 0 Å². The molecule has 0 amide bonds. The summed E-state index contributed by atoms with van der Waals surface area (Å²) >= 11 is 14.8. The van der Waals surface area contributed by atoms with Gasteiger partial charge in [0.1, 0.15) is 0 Å². The Morgan fingerprint density at radius 3 is 2.66 bits per heavy atom. The third-order valence-electron chi connectivity index (χ3n) is 3.77. The molecule has 0 bridgehead atoms. The molecular formula is C21H18Cl2INO4. The molecule has 0 aromatic heterocycles. The van der Waals surface area contributed by atoms with Crippen LogP contribution < -0.4 is 9.47 Å². The van der Waals surface area contributed by atoms with E-state index in [1.165, 1.54) is 0 Å². The van der Waals surface area contributed by atoms with E-state index in [1.807, 2.05) is 26.8 Å². The molecule has 0 fully saturated rings. The van der Waals surface area contributed by atoms with Crippen molar-refractivity contribution in [2.45, 2.75) is 26.9 Å². The number of ether oxygens (including phenoxy) is 3. The molecule has 0 aliphatic carbocycles. The number of aliphatic imine (C=N–C) groups is 1. The van der Waals surface area contributed by atoms with Gasteiger partial charge in [-0.25, -0.2) is 9.79 Å². The first-order valence-corrected chi connectivity index (χ1v) is 10.7. The van der Waals surface area contributed by atoms with E-state index >= 15 is 0 Å². The topological polar surface area (TPSA) is 57.1 Å². The number of halogens is 3. The quantitative estimate of drug-likeness (QED) is 0.249. The first-order valence-electron chi connectivity index (χ1n) is 8.89. The van der Waals surface area contributed by atoms with Crippen molar-refractivity contribution in [3.05, 3.63) is 60.8 Å². The average molecular weight is 546 g/mol. The molecule has 1 heterocycles. The minimum atomic E-state index is -0.563. The molecule has 0 unspecified atom stereocenters. The Hall–Kier alpha value is -1.77. The summed E-state index contributed by atoms with van der Waals surface area (Å²) in [7, 11) is 0. The van der Waals surface area contributed by atoms with E-state index in [9.17, 15) is 4.79 Å². The number of hydrogen-bond donors (Lipinski definition) is 0. The van der Waals surface area contributed by atoms with Crippen molar-refractivity contribution in [2.24, 2.45) is 4.99 Å². The second-order valence-electron chi connectivity index (χ2n) is 6.39. The zero-order chi connectivity index (χ0) is 21.1. The van der Waals surface area contributed by atoms with Crippen molar-refractivity contribution in [3.8, 4) is 11.5 Å². The third kappa shape index (κ3) is 5.24. The van der Waals surface area contributed by atoms with Crippen molar-refractivity contribution in [3.63, 3.8) is 0 Å². The Kier molecular flexibility index (Phi) is 7.08. The van der Waals surface area contributed by atoms with Gasteiger partial charge in [-0.15, -0.1) is 0 Å². The number of carbonyl (C=O) groups excluding carboxylic acids is 1. The molecule has 1 aliphatic heterocycles. The van der Waals surface area contributed by atoms with E-state index in [1.54, 1.807) is 30.3 Å². The molecule has 0 N–H and O–H groups in total. The van der Waals surface area contributed by atoms with Crippen LogP contribution in [0.2, 0.25) is 10.0 Å². The molecule has 152 valence electrons. The summed E-state index contributed by atoms with van der Waals surface area (Å²) in [5.74, 6) is 0.568. The highest BCUT2D eigenvalue weighted by Gasteiger charge is 2.26. The second-order valence-corrected chi connectivity index (χ2v) is 8.45. The zero-order valence-corrected chi connectivity index (χ0v) is 19.6. The summed E-state index contributed by atoms with van der Waals surface area (Å²) in [5, 5.41) is 0.836. The normalized spacial score (nSPS) is 14.9. The lowest BCUT2D eigenvalue weighted by Crippen LogP contribution is -2.08. The molecule has 0 radical (unpaired) electrons. The molecule has 29 heavy (non-hydrogen) atoms. The Morgan fingerprint density at radius 2 is 1.97 bits per heavy atom. The zero-order valence-electron chi connectivity index (χ0n) is 16.0. The largest absolute Gasteiger partial charge is 0.490 e. The molecule has 0 spiro atoms. The fraction of sp³-hybridized carbons (Fsp3) is 0.238. The van der Waals surface area contributed by atoms with Gasteiger partial charge in [-0.1, -0.05) is 23.2 Å². The lowest BCUT2D eigenvalue weighted by atomic mass is 10.1. The van der Waals surface area contributed by atoms with Crippen molar-refractivity contribution < 1.29 is 19.0 Å². The van der Waals surface area contributed by atoms with E-state index < -0.39 is 5.97 Å². The summed E-state index contributed by atoms with van der Waals surface area (Å²) in [6.07, 6.45) is 1.52. The first-order chi connectivity index (χ1) is 13.8. The third-order valence-corrected chi connectivity index (χ3v) is 5.05. The number of nitrogens with zero attached hydrogens (tertiary/aromatic N) is 1. The molecule has 0 saturated heterocycles. The van der Waals surface area contributed by atoms with Gasteiger partial charge in [0, 0.05) is 3.57 Å². The Morgan fingerprint density at radius 1 is 1.21 bits per heavy atom. The molecule has 2 aromatic carbocycles. The average Bonchev–Trinajstić information content (AvgIpc) is 3.00. The van der Waals surface area contributed by atoms with Crippen LogP contribution in [0.5, 0.6) is 11.5 Å². The SMILES string of the molecule is CCOc1cc(/C=C2\N=C(c3cc(I)ccc3Cl)OC2=O)cc(Cl)c1OC(C)C. The number of cyclic esters (lactones) is 1. The highest BCUT2D eigenvalue weighted by molar-refractivity contribution is 14.1. The number of rotatable bonds is 6. The predicted molar refractivity (Wildman–Crippen MR) is 123 cm³/mol. The molecule has 8 heteroatoms. The molecule has 3 rings (SSSR count). The number of hydrogen-bond acceptors (Lipinski definition) is 5. The van der Waals surface area contributed by atoms with Gasteiger partial charge in [-0.05, 0) is 85.3 Å². The van der Waals surface area contributed by atoms with Crippen LogP contribution in [0.4, 0.5) is 0 Å². The highest BCUT2D eigenvalue weighted by atomic mass is 127. The van der Waals surface area contributed by atoms with Gasteiger partial charge >= 0.3 is 5.97 Å². The second kappa shape index (κ2) is 9.36. The number of benzene rings is 2. The van der Waals surface area contributed by atoms with Gasteiger partial charge in [0.05, 0.1) is 28.3 Å². The van der Waals surface area contributed by atoms with E-state index in [4.69, 9.17) is 37.4 Å². The molecular weight excluding hydrogens is 528 g/mol. The Labute approximate surface area is 192 Å². The summed E-state index contributed by atoms with van der Waals surface area (Å²) in [6.45, 7) is 6.12. The van der Waals surface area contributed by atoms with Crippen molar-refractivity contribution in [2.75, 3.05) is 6.61 Å². The fourth-order valence-electron chi connectivity index (χ4n) is 2.63. The molecule has 0 saturated carbocycles. The van der Waals surface area contributed by atoms with Crippen LogP contribution in [0.1, 0.15) is 31.9 Å². The highest BCUT2D eigenvalue weighted by Crippen LogP contribution is 2.38. The van der Waals surface area contributed by atoms with E-state index in [-0.39, 0.29) is 17.7 Å². The van der Waals surface area contributed by atoms with Crippen LogP contribution in [0, 0.1) is 3.57 Å². The van der Waals surface area contributed by atoms with Crippen LogP contribution in [-0.2, 0) is 9.53 Å². The van der Waals surface area contributed by atoms with Crippen molar-refractivity contribution in [1.82, 2.24) is 0 Å². The standard InChI is InChI=1S/C21H18Cl2INO4/c1-4-27-18-9-12(7-16(23)19(18)28-11(2)3)8-17-21(26)29-20(25-17)14-10-13(24)5-6-15(14)22/h5-11H,4H2,1-3H3/b17-8-. The van der Waals surface area contributed by atoms with Crippen LogP contribution >= 0.6 is 45.8 Å². The summed E-state index contributed by atoms with van der Waals surface area (Å²) in [5.41, 5.74) is 1.34. The molecule has 0 atom stereocenters. The minimum absolute atomic E-state index is 0.0636. The minimum Gasteiger partial charge on any atom is -0.490 e. The van der Waals surface area contributed by atoms with E-state index in [0.717, 1.165) is 3.57 Å². The van der Waals surface area contributed by atoms with Gasteiger partial charge in [-0.2, -0.15) is 0 Å². The lowest BCUT2D eigenvalue weighted by Gasteiger charge is -2.16. The van der Waals surface area contributed by atoms with Crippen LogP contribution in [0.3, 0.4) is 0 Å². The smallest absolute Gasteiger partial charge is 0.363 e. The Bertz CT molecular complexity index is 1020. The number of esters is 1. The number of carbonyl (C=O) groups is 1. The van der Waals surface area contributed by atoms with E-state index in [0.29, 0.717) is 39.3 Å². The molecule has 2 aromatic rings. The monoisotopic (exact) mass is 545 g/mol. The van der Waals surface area contributed by atoms with Crippen LogP contribution in [-0.4, -0.2) is 24.6 Å². The van der Waals surface area contributed by atoms with Crippen molar-refractivity contribution in [1.29, 1.82) is 0 Å². The van der Waals surface area contributed by atoms with Gasteiger partial charge < -0.3 is 14.2 Å². The van der Waals surface area contributed by atoms with Crippen LogP contribution in [0.15, 0.2) is 41.0 Å². The van der Waals surface area contributed by atoms with Gasteiger partial charge in [-0.3, -0.25) is 0 Å². The summed E-state index contributed by atoms with van der Waals surface area (Å²) < 4.78 is 17.7. The molecule has 5 nitrogen and oxygen atoms in total. The maximum atomic E-state index is 12.3. The van der Waals surface area contributed by atoms with E-state index in [2.05, 4.69) is 27.6 Å². The summed E-state index contributed by atoms with van der Waals surface area (Å²) in [4.78, 5) is 16.6. The first kappa shape index (κ1) is 21.9. The lowest BCUT2D eigenvalue weighted by molar-refractivity contribution is -0.129. The Balaban J connectivity index is 1.99. The van der Waals surface area contributed by atoms with Crippen LogP contribution in [0.25, 0.3) is 6.08 Å². The maximum absolute atomic E-state index is 12.3. The molecule has 1 aliphatic rings. The maximum Gasteiger partial charge on any atom is 0.363 e. The fourth-order valence-corrected chi connectivity index (χ4v) is 3.58. The van der Waals surface area contributed by atoms with Gasteiger partial charge in [0.15, 0.2) is 17.2 Å².